The minimum atomic E-state index is -0.701. The number of methoxy groups -OCH3 is 1. The highest BCUT2D eigenvalue weighted by molar-refractivity contribution is 6.31. The van der Waals surface area contributed by atoms with Gasteiger partial charge in [-0.25, -0.2) is 18.7 Å². The SMILES string of the molecule is COc1cc2ncnc(Nc3ccc(F)c(Cl)c3)c2cc1OCCCN1CC(F)C1. The molecule has 6 nitrogen and oxygen atoms in total. The Morgan fingerprint density at radius 3 is 2.77 bits per heavy atom. The van der Waals surface area contributed by atoms with E-state index in [1.165, 1.54) is 18.5 Å². The van der Waals surface area contributed by atoms with Crippen molar-refractivity contribution in [1.29, 1.82) is 0 Å². The summed E-state index contributed by atoms with van der Waals surface area (Å²) in [5, 5.41) is 3.88. The number of alkyl halides is 1. The number of nitrogens with one attached hydrogen (secondary N) is 1. The average molecular weight is 435 g/mol. The number of nitrogens with zero attached hydrogens (tertiary/aromatic N) is 3. The van der Waals surface area contributed by atoms with E-state index < -0.39 is 12.0 Å². The molecule has 1 saturated heterocycles. The van der Waals surface area contributed by atoms with Crippen LogP contribution < -0.4 is 14.8 Å². The van der Waals surface area contributed by atoms with E-state index in [0.29, 0.717) is 48.2 Å². The molecule has 9 heteroatoms. The first-order chi connectivity index (χ1) is 14.5. The van der Waals surface area contributed by atoms with Crippen molar-refractivity contribution in [3.63, 3.8) is 0 Å². The smallest absolute Gasteiger partial charge is 0.162 e. The summed E-state index contributed by atoms with van der Waals surface area (Å²) in [6.07, 6.45) is 1.51. The lowest BCUT2D eigenvalue weighted by atomic mass is 10.2. The summed E-state index contributed by atoms with van der Waals surface area (Å²) in [6.45, 7) is 2.26. The molecule has 0 unspecified atom stereocenters. The number of benzene rings is 2. The van der Waals surface area contributed by atoms with Gasteiger partial charge in [-0.1, -0.05) is 11.6 Å². The Labute approximate surface area is 177 Å². The van der Waals surface area contributed by atoms with Crippen LogP contribution in [0.1, 0.15) is 6.42 Å². The first kappa shape index (κ1) is 20.6. The molecule has 1 aromatic heterocycles. The summed E-state index contributed by atoms with van der Waals surface area (Å²) < 4.78 is 37.7. The summed E-state index contributed by atoms with van der Waals surface area (Å²) in [7, 11) is 1.57. The fraction of sp³-hybridized carbons (Fsp3) is 0.333. The molecule has 0 radical (unpaired) electrons. The fourth-order valence-corrected chi connectivity index (χ4v) is 3.49. The fourth-order valence-electron chi connectivity index (χ4n) is 3.31. The number of aromatic nitrogens is 2. The maximum absolute atomic E-state index is 13.4. The Bertz CT molecular complexity index is 1050. The molecule has 0 aliphatic carbocycles. The normalized spacial score (nSPS) is 14.5. The number of anilines is 2. The molecule has 1 N–H and O–H groups in total. The minimum absolute atomic E-state index is 0.0188. The number of halogens is 3. The number of hydrogen-bond acceptors (Lipinski definition) is 6. The lowest BCUT2D eigenvalue weighted by Gasteiger charge is -2.34. The number of likely N-dealkylation sites (tertiary alicyclic amines) is 1. The van der Waals surface area contributed by atoms with Crippen molar-refractivity contribution in [2.75, 3.05) is 38.7 Å². The molecule has 158 valence electrons. The second-order valence-electron chi connectivity index (χ2n) is 7.06. The zero-order valence-electron chi connectivity index (χ0n) is 16.4. The molecule has 1 fully saturated rings. The average Bonchev–Trinajstić information content (AvgIpc) is 2.72. The van der Waals surface area contributed by atoms with Gasteiger partial charge in [0.15, 0.2) is 11.5 Å². The Morgan fingerprint density at radius 2 is 2.03 bits per heavy atom. The Kier molecular flexibility index (Phi) is 6.15. The first-order valence-electron chi connectivity index (χ1n) is 9.57. The minimum Gasteiger partial charge on any atom is -0.493 e. The van der Waals surface area contributed by atoms with Gasteiger partial charge in [0.2, 0.25) is 0 Å². The van der Waals surface area contributed by atoms with Crippen LogP contribution in [0.25, 0.3) is 10.9 Å². The lowest BCUT2D eigenvalue weighted by molar-refractivity contribution is 0.0611. The van der Waals surface area contributed by atoms with Crippen molar-refractivity contribution in [1.82, 2.24) is 14.9 Å². The van der Waals surface area contributed by atoms with Gasteiger partial charge in [-0.3, -0.25) is 4.90 Å². The van der Waals surface area contributed by atoms with Gasteiger partial charge in [0.05, 0.1) is 24.3 Å². The maximum atomic E-state index is 13.4. The molecule has 0 amide bonds. The van der Waals surface area contributed by atoms with E-state index >= 15 is 0 Å². The molecular weight excluding hydrogens is 414 g/mol. The van der Waals surface area contributed by atoms with Crippen LogP contribution in [0.2, 0.25) is 5.02 Å². The predicted molar refractivity (Wildman–Crippen MR) is 112 cm³/mol. The van der Waals surface area contributed by atoms with Gasteiger partial charge in [0.1, 0.15) is 24.1 Å². The Balaban J connectivity index is 1.53. The van der Waals surface area contributed by atoms with E-state index in [2.05, 4.69) is 20.2 Å². The molecule has 4 rings (SSSR count). The molecule has 0 bridgehead atoms. The highest BCUT2D eigenvalue weighted by Gasteiger charge is 2.25. The summed E-state index contributed by atoms with van der Waals surface area (Å²) in [5.41, 5.74) is 1.26. The van der Waals surface area contributed by atoms with Crippen molar-refractivity contribution in [3.8, 4) is 11.5 Å². The van der Waals surface area contributed by atoms with Gasteiger partial charge in [-0.15, -0.1) is 0 Å². The van der Waals surface area contributed by atoms with Gasteiger partial charge in [0, 0.05) is 36.8 Å². The summed E-state index contributed by atoms with van der Waals surface area (Å²) in [6, 6.07) is 7.94. The molecule has 1 aliphatic heterocycles. The summed E-state index contributed by atoms with van der Waals surface area (Å²) >= 11 is 5.87. The third kappa shape index (κ3) is 4.55. The van der Waals surface area contributed by atoms with Crippen LogP contribution in [0.15, 0.2) is 36.7 Å². The molecule has 0 saturated carbocycles. The van der Waals surface area contributed by atoms with Crippen molar-refractivity contribution in [2.45, 2.75) is 12.6 Å². The van der Waals surface area contributed by atoms with E-state index in [0.717, 1.165) is 18.4 Å². The number of rotatable bonds is 8. The number of hydrogen-bond donors (Lipinski definition) is 1. The van der Waals surface area contributed by atoms with Crippen LogP contribution in [0.4, 0.5) is 20.3 Å². The number of ether oxygens (including phenoxy) is 2. The van der Waals surface area contributed by atoms with Gasteiger partial charge in [-0.05, 0) is 30.7 Å². The second-order valence-corrected chi connectivity index (χ2v) is 7.46. The summed E-state index contributed by atoms with van der Waals surface area (Å²) in [5.74, 6) is 1.16. The molecule has 2 aromatic carbocycles. The standard InChI is InChI=1S/C21H21ClF2N4O2/c1-29-19-9-18-15(8-20(19)30-6-2-5-28-10-13(23)11-28)21(26-12-25-18)27-14-3-4-17(24)16(22)7-14/h3-4,7-9,12-13H,2,5-6,10-11H2,1H3,(H,25,26,27). The lowest BCUT2D eigenvalue weighted by Crippen LogP contribution is -2.48. The van der Waals surface area contributed by atoms with Crippen LogP contribution in [0, 0.1) is 5.82 Å². The van der Waals surface area contributed by atoms with Crippen molar-refractivity contribution < 1.29 is 18.3 Å². The maximum Gasteiger partial charge on any atom is 0.162 e. The van der Waals surface area contributed by atoms with E-state index in [-0.39, 0.29) is 5.02 Å². The molecule has 0 spiro atoms. The van der Waals surface area contributed by atoms with Gasteiger partial charge < -0.3 is 14.8 Å². The highest BCUT2D eigenvalue weighted by atomic mass is 35.5. The molecule has 30 heavy (non-hydrogen) atoms. The summed E-state index contributed by atoms with van der Waals surface area (Å²) in [4.78, 5) is 10.6. The molecule has 3 aromatic rings. The molecule has 2 heterocycles. The van der Waals surface area contributed by atoms with E-state index in [1.54, 1.807) is 19.2 Å². The van der Waals surface area contributed by atoms with Crippen LogP contribution in [0.3, 0.4) is 0 Å². The quantitative estimate of drug-likeness (QED) is 0.523. The topological polar surface area (TPSA) is 59.5 Å². The van der Waals surface area contributed by atoms with Crippen molar-refractivity contribution >= 4 is 34.0 Å². The second kappa shape index (κ2) is 8.97. The van der Waals surface area contributed by atoms with E-state index in [1.807, 2.05) is 6.07 Å². The van der Waals surface area contributed by atoms with Gasteiger partial charge >= 0.3 is 0 Å². The van der Waals surface area contributed by atoms with E-state index in [4.69, 9.17) is 21.1 Å². The monoisotopic (exact) mass is 434 g/mol. The largest absolute Gasteiger partial charge is 0.493 e. The van der Waals surface area contributed by atoms with Crippen molar-refractivity contribution in [3.05, 3.63) is 47.5 Å². The van der Waals surface area contributed by atoms with Gasteiger partial charge in [0.25, 0.3) is 0 Å². The third-order valence-corrected chi connectivity index (χ3v) is 5.18. The highest BCUT2D eigenvalue weighted by Crippen LogP contribution is 2.35. The third-order valence-electron chi connectivity index (χ3n) is 4.89. The zero-order valence-corrected chi connectivity index (χ0v) is 17.1. The Hall–Kier alpha value is -2.71. The zero-order chi connectivity index (χ0) is 21.1. The Morgan fingerprint density at radius 1 is 1.20 bits per heavy atom. The van der Waals surface area contributed by atoms with Crippen LogP contribution in [0.5, 0.6) is 11.5 Å². The van der Waals surface area contributed by atoms with Crippen LogP contribution in [-0.2, 0) is 0 Å². The van der Waals surface area contributed by atoms with Crippen molar-refractivity contribution in [2.24, 2.45) is 0 Å². The molecule has 1 aliphatic rings. The molecule has 0 atom stereocenters. The van der Waals surface area contributed by atoms with E-state index in [9.17, 15) is 8.78 Å². The number of fused-ring (bicyclic) bond motifs is 1. The van der Waals surface area contributed by atoms with Gasteiger partial charge in [-0.2, -0.15) is 0 Å². The molecular formula is C21H21ClF2N4O2. The first-order valence-corrected chi connectivity index (χ1v) is 9.95. The predicted octanol–water partition coefficient (Wildman–Crippen LogP) is 4.60. The van der Waals surface area contributed by atoms with Crippen LogP contribution in [-0.4, -0.2) is 54.4 Å². The van der Waals surface area contributed by atoms with Crippen LogP contribution >= 0.6 is 11.6 Å².